The fourth-order valence-corrected chi connectivity index (χ4v) is 2.35. The number of nitrogen functional groups attached to an aromatic ring is 1. The number of anilines is 1. The maximum atomic E-state index is 13.8. The van der Waals surface area contributed by atoms with E-state index in [1.807, 2.05) is 31.2 Å². The topological polar surface area (TPSA) is 52.0 Å². The van der Waals surface area contributed by atoms with Gasteiger partial charge >= 0.3 is 0 Å². The molecule has 0 saturated carbocycles. The third-order valence-electron chi connectivity index (χ3n) is 3.57. The van der Waals surface area contributed by atoms with E-state index in [9.17, 15) is 4.39 Å². The molecule has 3 aromatic rings. The number of hydrogen-bond donors (Lipinski definition) is 1. The van der Waals surface area contributed by atoms with Crippen LogP contribution < -0.4 is 5.73 Å². The highest BCUT2D eigenvalue weighted by Crippen LogP contribution is 2.38. The Morgan fingerprint density at radius 1 is 1.05 bits per heavy atom. The lowest BCUT2D eigenvalue weighted by atomic mass is 9.97. The van der Waals surface area contributed by atoms with Gasteiger partial charge in [0.2, 0.25) is 0 Å². The highest BCUT2D eigenvalue weighted by Gasteiger charge is 2.19. The van der Waals surface area contributed by atoms with Crippen molar-refractivity contribution in [3.8, 4) is 22.5 Å². The minimum Gasteiger partial charge on any atom is -0.380 e. The molecule has 0 saturated heterocycles. The molecule has 0 bridgehead atoms. The second-order valence-corrected chi connectivity index (χ2v) is 5.05. The van der Waals surface area contributed by atoms with Gasteiger partial charge < -0.3 is 10.3 Å². The molecule has 3 rings (SSSR count). The molecule has 0 aliphatic rings. The summed E-state index contributed by atoms with van der Waals surface area (Å²) in [6, 6.07) is 12.8. The van der Waals surface area contributed by atoms with E-state index in [1.54, 1.807) is 19.1 Å². The summed E-state index contributed by atoms with van der Waals surface area (Å²) in [4.78, 5) is 0. The first-order valence-corrected chi connectivity index (χ1v) is 6.65. The average Bonchev–Trinajstić information content (AvgIpc) is 2.84. The smallest absolute Gasteiger partial charge is 0.177 e. The normalized spacial score (nSPS) is 10.8. The zero-order valence-electron chi connectivity index (χ0n) is 11.9. The standard InChI is InChI=1S/C17H15FN2O/c1-10-5-3-4-6-13(10)15-16(21-20-17(15)19)12-8-7-11(2)14(18)9-12/h3-9H,1-2H3,(H2,19,20). The molecule has 0 aliphatic heterocycles. The fourth-order valence-electron chi connectivity index (χ4n) is 2.35. The summed E-state index contributed by atoms with van der Waals surface area (Å²) in [5.41, 5.74) is 9.86. The molecule has 1 heterocycles. The molecule has 3 nitrogen and oxygen atoms in total. The molecule has 1 aromatic heterocycles. The molecule has 0 amide bonds. The van der Waals surface area contributed by atoms with Gasteiger partial charge in [0.25, 0.3) is 0 Å². The van der Waals surface area contributed by atoms with Crippen LogP contribution in [-0.4, -0.2) is 5.16 Å². The molecule has 4 heteroatoms. The summed E-state index contributed by atoms with van der Waals surface area (Å²) in [6.07, 6.45) is 0. The van der Waals surface area contributed by atoms with Crippen molar-refractivity contribution >= 4 is 5.82 Å². The number of hydrogen-bond acceptors (Lipinski definition) is 3. The van der Waals surface area contributed by atoms with Gasteiger partial charge in [-0.05, 0) is 36.6 Å². The molecule has 0 spiro atoms. The highest BCUT2D eigenvalue weighted by atomic mass is 19.1. The number of rotatable bonds is 2. The summed E-state index contributed by atoms with van der Waals surface area (Å²) in [6.45, 7) is 3.71. The third kappa shape index (κ3) is 2.29. The third-order valence-corrected chi connectivity index (χ3v) is 3.57. The number of aromatic nitrogens is 1. The molecule has 106 valence electrons. The van der Waals surface area contributed by atoms with Crippen molar-refractivity contribution in [3.63, 3.8) is 0 Å². The number of nitrogens with zero attached hydrogens (tertiary/aromatic N) is 1. The van der Waals surface area contributed by atoms with Gasteiger partial charge in [-0.15, -0.1) is 0 Å². The van der Waals surface area contributed by atoms with E-state index in [0.717, 1.165) is 11.1 Å². The Labute approximate surface area is 122 Å². The number of benzene rings is 2. The van der Waals surface area contributed by atoms with Crippen LogP contribution in [0.3, 0.4) is 0 Å². The van der Waals surface area contributed by atoms with Gasteiger partial charge in [-0.3, -0.25) is 0 Å². The van der Waals surface area contributed by atoms with E-state index in [2.05, 4.69) is 5.16 Å². The van der Waals surface area contributed by atoms with Crippen LogP contribution in [0.1, 0.15) is 11.1 Å². The Kier molecular flexibility index (Phi) is 3.22. The molecule has 0 aliphatic carbocycles. The minimum atomic E-state index is -0.279. The number of nitrogens with two attached hydrogens (primary N) is 1. The van der Waals surface area contributed by atoms with Crippen molar-refractivity contribution in [2.24, 2.45) is 0 Å². The quantitative estimate of drug-likeness (QED) is 0.760. The van der Waals surface area contributed by atoms with E-state index in [1.165, 1.54) is 6.07 Å². The van der Waals surface area contributed by atoms with Crippen LogP contribution in [0.2, 0.25) is 0 Å². The summed E-state index contributed by atoms with van der Waals surface area (Å²) >= 11 is 0. The Balaban J connectivity index is 2.22. The van der Waals surface area contributed by atoms with E-state index in [0.29, 0.717) is 28.3 Å². The minimum absolute atomic E-state index is 0.279. The summed E-state index contributed by atoms with van der Waals surface area (Å²) in [5, 5.41) is 3.84. The van der Waals surface area contributed by atoms with Gasteiger partial charge in [-0.1, -0.05) is 41.6 Å². The van der Waals surface area contributed by atoms with Crippen LogP contribution in [0.4, 0.5) is 10.2 Å². The molecular formula is C17H15FN2O. The van der Waals surface area contributed by atoms with Gasteiger partial charge in [0.05, 0.1) is 5.56 Å². The molecule has 2 aromatic carbocycles. The lowest BCUT2D eigenvalue weighted by Crippen LogP contribution is -1.91. The predicted molar refractivity (Wildman–Crippen MR) is 81.2 cm³/mol. The monoisotopic (exact) mass is 282 g/mol. The summed E-state index contributed by atoms with van der Waals surface area (Å²) in [7, 11) is 0. The number of aryl methyl sites for hydroxylation is 2. The van der Waals surface area contributed by atoms with Gasteiger partial charge in [-0.25, -0.2) is 4.39 Å². The van der Waals surface area contributed by atoms with Crippen LogP contribution in [0.15, 0.2) is 47.0 Å². The maximum Gasteiger partial charge on any atom is 0.177 e. The van der Waals surface area contributed by atoms with Crippen molar-refractivity contribution in [2.75, 3.05) is 5.73 Å². The Bertz CT molecular complexity index is 808. The molecular weight excluding hydrogens is 267 g/mol. The largest absolute Gasteiger partial charge is 0.380 e. The van der Waals surface area contributed by atoms with Crippen LogP contribution in [0.25, 0.3) is 22.5 Å². The highest BCUT2D eigenvalue weighted by molar-refractivity contribution is 5.87. The zero-order chi connectivity index (χ0) is 15.0. The van der Waals surface area contributed by atoms with Gasteiger partial charge in [0.15, 0.2) is 11.6 Å². The van der Waals surface area contributed by atoms with E-state index in [-0.39, 0.29) is 5.82 Å². The molecule has 2 N–H and O–H groups in total. The first-order valence-electron chi connectivity index (χ1n) is 6.65. The Morgan fingerprint density at radius 3 is 2.52 bits per heavy atom. The van der Waals surface area contributed by atoms with E-state index < -0.39 is 0 Å². The molecule has 0 atom stereocenters. The fraction of sp³-hybridized carbons (Fsp3) is 0.118. The van der Waals surface area contributed by atoms with Gasteiger partial charge in [0.1, 0.15) is 5.82 Å². The molecule has 0 radical (unpaired) electrons. The second-order valence-electron chi connectivity index (χ2n) is 5.05. The van der Waals surface area contributed by atoms with Gasteiger partial charge in [0, 0.05) is 5.56 Å². The molecule has 0 fully saturated rings. The lowest BCUT2D eigenvalue weighted by Gasteiger charge is -2.07. The van der Waals surface area contributed by atoms with Crippen LogP contribution >= 0.6 is 0 Å². The van der Waals surface area contributed by atoms with Gasteiger partial charge in [-0.2, -0.15) is 0 Å². The van der Waals surface area contributed by atoms with Crippen molar-refractivity contribution in [2.45, 2.75) is 13.8 Å². The number of halogens is 1. The lowest BCUT2D eigenvalue weighted by molar-refractivity contribution is 0.435. The predicted octanol–water partition coefficient (Wildman–Crippen LogP) is 4.35. The van der Waals surface area contributed by atoms with Crippen molar-refractivity contribution in [1.29, 1.82) is 0 Å². The summed E-state index contributed by atoms with van der Waals surface area (Å²) < 4.78 is 19.1. The molecule has 0 unspecified atom stereocenters. The summed E-state index contributed by atoms with van der Waals surface area (Å²) in [5.74, 6) is 0.513. The second kappa shape index (κ2) is 5.05. The average molecular weight is 282 g/mol. The van der Waals surface area contributed by atoms with Crippen LogP contribution in [-0.2, 0) is 0 Å². The zero-order valence-corrected chi connectivity index (χ0v) is 11.9. The van der Waals surface area contributed by atoms with Crippen LogP contribution in [0, 0.1) is 19.7 Å². The Hall–Kier alpha value is -2.62. The first-order chi connectivity index (χ1) is 10.1. The van der Waals surface area contributed by atoms with Crippen molar-refractivity contribution in [3.05, 3.63) is 59.4 Å². The van der Waals surface area contributed by atoms with Crippen molar-refractivity contribution < 1.29 is 8.91 Å². The SMILES string of the molecule is Cc1ccc(-c2onc(N)c2-c2ccccc2C)cc1F. The van der Waals surface area contributed by atoms with Crippen molar-refractivity contribution in [1.82, 2.24) is 5.16 Å². The maximum absolute atomic E-state index is 13.8. The Morgan fingerprint density at radius 2 is 1.81 bits per heavy atom. The van der Waals surface area contributed by atoms with E-state index >= 15 is 0 Å². The molecule has 21 heavy (non-hydrogen) atoms. The van der Waals surface area contributed by atoms with E-state index in [4.69, 9.17) is 10.3 Å². The van der Waals surface area contributed by atoms with Crippen LogP contribution in [0.5, 0.6) is 0 Å². The first kappa shape index (κ1) is 13.4.